The standard InChI is InChI=1S/C23H27FN4O/c1-4-28(5-2)23(25)26-22-15-19(27-29-22)13-16(3)18-11-12-20(21(24)14-18)17-9-7-6-8-10-17/h6-12,14-16H,4-5,13H2,1-3H3,(H2,25,26). The largest absolute Gasteiger partial charge is 0.369 e. The molecule has 5 nitrogen and oxygen atoms in total. The Bertz CT molecular complexity index is 964. The van der Waals surface area contributed by atoms with Crippen molar-refractivity contribution >= 4 is 11.8 Å². The van der Waals surface area contributed by atoms with Gasteiger partial charge in [-0.05, 0) is 43.4 Å². The molecule has 3 aromatic rings. The van der Waals surface area contributed by atoms with Gasteiger partial charge in [0.2, 0.25) is 0 Å². The van der Waals surface area contributed by atoms with Gasteiger partial charge in [-0.25, -0.2) is 4.39 Å². The van der Waals surface area contributed by atoms with Crippen LogP contribution in [0.15, 0.2) is 64.1 Å². The zero-order valence-electron chi connectivity index (χ0n) is 17.1. The molecule has 3 rings (SSSR count). The molecule has 0 saturated heterocycles. The van der Waals surface area contributed by atoms with Crippen LogP contribution >= 0.6 is 0 Å². The number of aliphatic imine (C=N–C) groups is 1. The zero-order chi connectivity index (χ0) is 20.8. The number of halogens is 1. The Hall–Kier alpha value is -3.15. The van der Waals surface area contributed by atoms with Gasteiger partial charge in [0.05, 0.1) is 5.69 Å². The minimum atomic E-state index is -0.224. The zero-order valence-corrected chi connectivity index (χ0v) is 17.1. The first-order valence-electron chi connectivity index (χ1n) is 9.91. The molecule has 152 valence electrons. The Morgan fingerprint density at radius 3 is 2.52 bits per heavy atom. The fraction of sp³-hybridized carbons (Fsp3) is 0.304. The predicted molar refractivity (Wildman–Crippen MR) is 115 cm³/mol. The van der Waals surface area contributed by atoms with Gasteiger partial charge in [-0.2, -0.15) is 4.99 Å². The maximum Gasteiger partial charge on any atom is 0.253 e. The molecule has 6 heteroatoms. The second-order valence-electron chi connectivity index (χ2n) is 7.01. The Morgan fingerprint density at radius 1 is 1.14 bits per heavy atom. The maximum atomic E-state index is 14.7. The average molecular weight is 394 g/mol. The minimum absolute atomic E-state index is 0.0800. The number of hydrogen-bond acceptors (Lipinski definition) is 3. The Balaban J connectivity index is 1.71. The van der Waals surface area contributed by atoms with E-state index in [-0.39, 0.29) is 11.7 Å². The molecule has 0 bridgehead atoms. The number of guanidine groups is 1. The number of hydrogen-bond donors (Lipinski definition) is 1. The lowest BCUT2D eigenvalue weighted by molar-refractivity contribution is 0.415. The number of aromatic nitrogens is 1. The van der Waals surface area contributed by atoms with Crippen LogP contribution in [0.3, 0.4) is 0 Å². The molecule has 2 aromatic carbocycles. The Morgan fingerprint density at radius 2 is 1.86 bits per heavy atom. The molecule has 0 aliphatic carbocycles. The molecule has 0 spiro atoms. The smallest absolute Gasteiger partial charge is 0.253 e. The lowest BCUT2D eigenvalue weighted by atomic mass is 9.94. The van der Waals surface area contributed by atoms with Gasteiger partial charge in [0.25, 0.3) is 5.88 Å². The fourth-order valence-electron chi connectivity index (χ4n) is 3.30. The number of rotatable bonds is 7. The van der Waals surface area contributed by atoms with E-state index in [9.17, 15) is 4.39 Å². The molecule has 29 heavy (non-hydrogen) atoms. The number of nitrogens with two attached hydrogens (primary N) is 1. The van der Waals surface area contributed by atoms with Gasteiger partial charge in [-0.1, -0.05) is 54.5 Å². The maximum absolute atomic E-state index is 14.7. The molecule has 1 atom stereocenters. The first-order valence-corrected chi connectivity index (χ1v) is 9.91. The second-order valence-corrected chi connectivity index (χ2v) is 7.01. The summed E-state index contributed by atoms with van der Waals surface area (Å²) >= 11 is 0. The van der Waals surface area contributed by atoms with Crippen molar-refractivity contribution in [3.05, 3.63) is 71.7 Å². The van der Waals surface area contributed by atoms with Crippen LogP contribution in [0.2, 0.25) is 0 Å². The van der Waals surface area contributed by atoms with Crippen molar-refractivity contribution in [2.24, 2.45) is 10.7 Å². The van der Waals surface area contributed by atoms with Crippen molar-refractivity contribution in [2.45, 2.75) is 33.1 Å². The molecule has 1 unspecified atom stereocenters. The van der Waals surface area contributed by atoms with E-state index in [1.165, 1.54) is 0 Å². The first kappa shape index (κ1) is 20.6. The summed E-state index contributed by atoms with van der Waals surface area (Å²) in [6.45, 7) is 7.62. The summed E-state index contributed by atoms with van der Waals surface area (Å²) in [5.74, 6) is 0.640. The van der Waals surface area contributed by atoms with E-state index >= 15 is 0 Å². The highest BCUT2D eigenvalue weighted by molar-refractivity contribution is 5.80. The molecular weight excluding hydrogens is 367 g/mol. The van der Waals surface area contributed by atoms with Crippen LogP contribution < -0.4 is 5.73 Å². The van der Waals surface area contributed by atoms with Gasteiger partial charge in [-0.3, -0.25) is 0 Å². The van der Waals surface area contributed by atoms with Crippen molar-refractivity contribution in [3.8, 4) is 11.1 Å². The van der Waals surface area contributed by atoms with E-state index in [0.29, 0.717) is 23.8 Å². The van der Waals surface area contributed by atoms with Crippen LogP contribution in [-0.4, -0.2) is 29.1 Å². The van der Waals surface area contributed by atoms with Crippen LogP contribution in [0.1, 0.15) is 37.9 Å². The third-order valence-electron chi connectivity index (χ3n) is 5.02. The predicted octanol–water partition coefficient (Wildman–Crippen LogP) is 5.11. The van der Waals surface area contributed by atoms with Gasteiger partial charge < -0.3 is 15.2 Å². The van der Waals surface area contributed by atoms with Gasteiger partial charge in [-0.15, -0.1) is 0 Å². The van der Waals surface area contributed by atoms with Crippen molar-refractivity contribution < 1.29 is 8.91 Å². The van der Waals surface area contributed by atoms with Crippen LogP contribution in [0.5, 0.6) is 0 Å². The highest BCUT2D eigenvalue weighted by Gasteiger charge is 2.14. The Kier molecular flexibility index (Phi) is 6.65. The van der Waals surface area contributed by atoms with Crippen LogP contribution in [-0.2, 0) is 6.42 Å². The van der Waals surface area contributed by atoms with Crippen LogP contribution in [0, 0.1) is 5.82 Å². The topological polar surface area (TPSA) is 67.7 Å². The second kappa shape index (κ2) is 9.37. The SMILES string of the molecule is CCN(CC)C(N)=Nc1cc(CC(C)c2ccc(-c3ccccc3)c(F)c2)no1. The lowest BCUT2D eigenvalue weighted by Gasteiger charge is -2.18. The monoisotopic (exact) mass is 394 g/mol. The summed E-state index contributed by atoms with van der Waals surface area (Å²) in [6, 6.07) is 16.7. The van der Waals surface area contributed by atoms with E-state index in [1.807, 2.05) is 68.1 Å². The van der Waals surface area contributed by atoms with Crippen molar-refractivity contribution in [1.82, 2.24) is 10.1 Å². The number of nitrogens with zero attached hydrogens (tertiary/aromatic N) is 3. The van der Waals surface area contributed by atoms with Gasteiger partial charge in [0.15, 0.2) is 5.96 Å². The minimum Gasteiger partial charge on any atom is -0.369 e. The summed E-state index contributed by atoms with van der Waals surface area (Å²) in [4.78, 5) is 6.22. The molecule has 0 amide bonds. The van der Waals surface area contributed by atoms with Gasteiger partial charge in [0, 0.05) is 24.7 Å². The fourth-order valence-corrected chi connectivity index (χ4v) is 3.30. The van der Waals surface area contributed by atoms with E-state index in [1.54, 1.807) is 12.1 Å². The number of benzene rings is 2. The molecule has 1 heterocycles. The van der Waals surface area contributed by atoms with E-state index in [0.717, 1.165) is 29.9 Å². The summed E-state index contributed by atoms with van der Waals surface area (Å²) in [6.07, 6.45) is 0.619. The highest BCUT2D eigenvalue weighted by atomic mass is 19.1. The summed E-state index contributed by atoms with van der Waals surface area (Å²) in [5.41, 5.74) is 9.15. The van der Waals surface area contributed by atoms with Crippen LogP contribution in [0.25, 0.3) is 11.1 Å². The Labute approximate surface area is 171 Å². The summed E-state index contributed by atoms with van der Waals surface area (Å²) in [5, 5.41) is 4.08. The molecule has 2 N–H and O–H groups in total. The molecule has 0 aliphatic rings. The summed E-state index contributed by atoms with van der Waals surface area (Å²) < 4.78 is 19.9. The normalized spacial score (nSPS) is 12.8. The quantitative estimate of drug-likeness (QED) is 0.446. The molecule has 0 aliphatic heterocycles. The molecule has 0 fully saturated rings. The van der Waals surface area contributed by atoms with Gasteiger partial charge >= 0.3 is 0 Å². The van der Waals surface area contributed by atoms with Gasteiger partial charge in [0.1, 0.15) is 5.82 Å². The summed E-state index contributed by atoms with van der Waals surface area (Å²) in [7, 11) is 0. The molecular formula is C23H27FN4O. The first-order chi connectivity index (χ1) is 14.0. The van der Waals surface area contributed by atoms with Crippen LogP contribution in [0.4, 0.5) is 10.3 Å². The van der Waals surface area contributed by atoms with E-state index in [2.05, 4.69) is 10.1 Å². The van der Waals surface area contributed by atoms with E-state index in [4.69, 9.17) is 10.3 Å². The average Bonchev–Trinajstić information content (AvgIpc) is 3.16. The molecule has 1 aromatic heterocycles. The molecule has 0 radical (unpaired) electrons. The van der Waals surface area contributed by atoms with Crippen molar-refractivity contribution in [3.63, 3.8) is 0 Å². The third-order valence-corrected chi connectivity index (χ3v) is 5.02. The molecule has 0 saturated carbocycles. The lowest BCUT2D eigenvalue weighted by Crippen LogP contribution is -2.36. The van der Waals surface area contributed by atoms with E-state index < -0.39 is 0 Å². The van der Waals surface area contributed by atoms with Crippen molar-refractivity contribution in [1.29, 1.82) is 0 Å². The highest BCUT2D eigenvalue weighted by Crippen LogP contribution is 2.28. The third kappa shape index (κ3) is 5.02. The van der Waals surface area contributed by atoms with Crippen molar-refractivity contribution in [2.75, 3.05) is 13.1 Å².